The molecule has 0 atom stereocenters. The molecule has 0 amide bonds. The number of aromatic nitrogens is 2. The predicted molar refractivity (Wildman–Crippen MR) is 37.2 cm³/mol. The summed E-state index contributed by atoms with van der Waals surface area (Å²) >= 11 is 3.95. The number of rotatable bonds is 1. The summed E-state index contributed by atoms with van der Waals surface area (Å²) in [6.07, 6.45) is 1.44. The molecule has 1 rings (SSSR count). The first-order valence-electron chi connectivity index (χ1n) is 2.56. The molecule has 0 radical (unpaired) electrons. The zero-order valence-electron chi connectivity index (χ0n) is 5.29. The van der Waals surface area contributed by atoms with Gasteiger partial charge in [0, 0.05) is 0 Å². The molecule has 0 aliphatic rings. The first-order chi connectivity index (χ1) is 4.75. The molecule has 0 spiro atoms. The Bertz CT molecular complexity index is 246. The van der Waals surface area contributed by atoms with E-state index in [0.717, 1.165) is 0 Å². The van der Waals surface area contributed by atoms with Crippen molar-refractivity contribution < 1.29 is 9.53 Å². The van der Waals surface area contributed by atoms with Gasteiger partial charge in [-0.15, -0.1) is 12.6 Å². The van der Waals surface area contributed by atoms with Crippen LogP contribution in [0.15, 0.2) is 11.1 Å². The Morgan fingerprint density at radius 1 is 1.90 bits per heavy atom. The van der Waals surface area contributed by atoms with Gasteiger partial charge in [-0.3, -0.25) is 5.10 Å². The molecule has 0 saturated heterocycles. The molecule has 1 aromatic rings. The van der Waals surface area contributed by atoms with Gasteiger partial charge in [-0.25, -0.2) is 4.79 Å². The van der Waals surface area contributed by atoms with Crippen LogP contribution in [0.5, 0.6) is 0 Å². The van der Waals surface area contributed by atoms with Crippen molar-refractivity contribution in [3.63, 3.8) is 0 Å². The number of carbonyl (C=O) groups excluding carboxylic acids is 1. The van der Waals surface area contributed by atoms with Crippen LogP contribution in [-0.2, 0) is 4.74 Å². The van der Waals surface area contributed by atoms with Gasteiger partial charge >= 0.3 is 5.97 Å². The number of aromatic amines is 1. The third kappa shape index (κ3) is 1.13. The molecule has 54 valence electrons. The van der Waals surface area contributed by atoms with Gasteiger partial charge in [0.05, 0.1) is 18.2 Å². The van der Waals surface area contributed by atoms with Crippen molar-refractivity contribution in [2.75, 3.05) is 7.11 Å². The fraction of sp³-hybridized carbons (Fsp3) is 0.200. The zero-order valence-corrected chi connectivity index (χ0v) is 6.18. The van der Waals surface area contributed by atoms with E-state index < -0.39 is 5.97 Å². The summed E-state index contributed by atoms with van der Waals surface area (Å²) < 4.78 is 4.42. The second kappa shape index (κ2) is 2.74. The van der Waals surface area contributed by atoms with E-state index in [1.54, 1.807) is 0 Å². The first-order valence-corrected chi connectivity index (χ1v) is 3.01. The average molecular weight is 158 g/mol. The highest BCUT2D eigenvalue weighted by Crippen LogP contribution is 2.09. The number of hydrogen-bond acceptors (Lipinski definition) is 4. The third-order valence-corrected chi connectivity index (χ3v) is 1.35. The Morgan fingerprint density at radius 3 is 3.00 bits per heavy atom. The monoisotopic (exact) mass is 158 g/mol. The van der Waals surface area contributed by atoms with E-state index in [2.05, 4.69) is 27.6 Å². The summed E-state index contributed by atoms with van der Waals surface area (Å²) in [5.41, 5.74) is 0.283. The SMILES string of the molecule is COC(=O)c1[nH]ncc1S. The summed E-state index contributed by atoms with van der Waals surface area (Å²) in [5.74, 6) is -0.456. The molecule has 5 heteroatoms. The Balaban J connectivity index is 2.93. The maximum absolute atomic E-state index is 10.8. The molecule has 0 saturated carbocycles. The lowest BCUT2D eigenvalue weighted by Crippen LogP contribution is -2.02. The minimum absolute atomic E-state index is 0.283. The van der Waals surface area contributed by atoms with Crippen LogP contribution in [0.2, 0.25) is 0 Å². The van der Waals surface area contributed by atoms with Gasteiger partial charge in [-0.1, -0.05) is 0 Å². The van der Waals surface area contributed by atoms with Gasteiger partial charge in [0.25, 0.3) is 0 Å². The molecule has 0 bridgehead atoms. The highest BCUT2D eigenvalue weighted by molar-refractivity contribution is 7.80. The van der Waals surface area contributed by atoms with Crippen LogP contribution >= 0.6 is 12.6 Å². The number of esters is 1. The molecule has 0 aliphatic carbocycles. The summed E-state index contributed by atoms with van der Waals surface area (Å²) in [5, 5.41) is 6.04. The predicted octanol–water partition coefficient (Wildman–Crippen LogP) is 0.485. The van der Waals surface area contributed by atoms with Crippen LogP contribution in [0.4, 0.5) is 0 Å². The summed E-state index contributed by atoms with van der Waals surface area (Å²) in [4.78, 5) is 11.2. The second-order valence-electron chi connectivity index (χ2n) is 1.62. The van der Waals surface area contributed by atoms with Crippen molar-refractivity contribution >= 4 is 18.6 Å². The molecular weight excluding hydrogens is 152 g/mol. The molecule has 0 fully saturated rings. The largest absolute Gasteiger partial charge is 0.464 e. The van der Waals surface area contributed by atoms with Crippen molar-refractivity contribution in [2.24, 2.45) is 0 Å². The van der Waals surface area contributed by atoms with E-state index in [4.69, 9.17) is 0 Å². The van der Waals surface area contributed by atoms with Gasteiger partial charge in [0.2, 0.25) is 0 Å². The quantitative estimate of drug-likeness (QED) is 0.462. The third-order valence-electron chi connectivity index (χ3n) is 1.01. The summed E-state index contributed by atoms with van der Waals surface area (Å²) in [7, 11) is 1.30. The van der Waals surface area contributed by atoms with Crippen LogP contribution in [0.3, 0.4) is 0 Å². The van der Waals surface area contributed by atoms with Gasteiger partial charge in [0.1, 0.15) is 0 Å². The number of carbonyl (C=O) groups is 1. The Morgan fingerprint density at radius 2 is 2.60 bits per heavy atom. The topological polar surface area (TPSA) is 55.0 Å². The molecule has 1 N–H and O–H groups in total. The van der Waals surface area contributed by atoms with Crippen LogP contribution < -0.4 is 0 Å². The van der Waals surface area contributed by atoms with E-state index in [1.807, 2.05) is 0 Å². The van der Waals surface area contributed by atoms with Crippen LogP contribution in [0, 0.1) is 0 Å². The Kier molecular flexibility index (Phi) is 1.96. The van der Waals surface area contributed by atoms with Crippen LogP contribution in [-0.4, -0.2) is 23.3 Å². The van der Waals surface area contributed by atoms with Gasteiger partial charge in [-0.2, -0.15) is 5.10 Å². The second-order valence-corrected chi connectivity index (χ2v) is 2.10. The first kappa shape index (κ1) is 7.14. The van der Waals surface area contributed by atoms with Crippen molar-refractivity contribution in [3.8, 4) is 0 Å². The molecule has 0 aliphatic heterocycles. The number of hydrogen-bond donors (Lipinski definition) is 2. The number of nitrogens with zero attached hydrogens (tertiary/aromatic N) is 1. The van der Waals surface area contributed by atoms with E-state index in [-0.39, 0.29) is 5.69 Å². The van der Waals surface area contributed by atoms with Crippen molar-refractivity contribution in [3.05, 3.63) is 11.9 Å². The van der Waals surface area contributed by atoms with Crippen molar-refractivity contribution in [2.45, 2.75) is 4.90 Å². The number of nitrogens with one attached hydrogen (secondary N) is 1. The van der Waals surface area contributed by atoms with Crippen LogP contribution in [0.25, 0.3) is 0 Å². The van der Waals surface area contributed by atoms with E-state index >= 15 is 0 Å². The molecule has 0 unspecified atom stereocenters. The Labute approximate surface area is 63.0 Å². The average Bonchev–Trinajstić information content (AvgIpc) is 2.34. The Hall–Kier alpha value is -0.970. The van der Waals surface area contributed by atoms with Gasteiger partial charge in [-0.05, 0) is 0 Å². The summed E-state index contributed by atoms with van der Waals surface area (Å²) in [6, 6.07) is 0. The van der Waals surface area contributed by atoms with Crippen molar-refractivity contribution in [1.29, 1.82) is 0 Å². The fourth-order valence-electron chi connectivity index (χ4n) is 0.532. The lowest BCUT2D eigenvalue weighted by Gasteiger charge is -1.93. The van der Waals surface area contributed by atoms with E-state index in [9.17, 15) is 4.79 Å². The molecular formula is C5H6N2O2S. The number of thiol groups is 1. The van der Waals surface area contributed by atoms with Crippen LogP contribution in [0.1, 0.15) is 10.5 Å². The minimum atomic E-state index is -0.456. The standard InChI is InChI=1S/C5H6N2O2S/c1-9-5(8)4-3(10)2-6-7-4/h2,10H,1H3,(H,6,7). The lowest BCUT2D eigenvalue weighted by atomic mass is 10.4. The number of methoxy groups -OCH3 is 1. The summed E-state index contributed by atoms with van der Waals surface area (Å²) in [6.45, 7) is 0. The fourth-order valence-corrected chi connectivity index (χ4v) is 0.731. The van der Waals surface area contributed by atoms with Gasteiger partial charge in [0.15, 0.2) is 5.69 Å². The number of H-pyrrole nitrogens is 1. The minimum Gasteiger partial charge on any atom is -0.464 e. The number of ether oxygens (including phenoxy) is 1. The normalized spacial score (nSPS) is 9.40. The smallest absolute Gasteiger partial charge is 0.357 e. The molecule has 1 aromatic heterocycles. The maximum Gasteiger partial charge on any atom is 0.357 e. The van der Waals surface area contributed by atoms with Gasteiger partial charge < -0.3 is 4.74 Å². The molecule has 0 aromatic carbocycles. The van der Waals surface area contributed by atoms with E-state index in [1.165, 1.54) is 13.3 Å². The van der Waals surface area contributed by atoms with Crippen molar-refractivity contribution in [1.82, 2.24) is 10.2 Å². The molecule has 4 nitrogen and oxygen atoms in total. The van der Waals surface area contributed by atoms with E-state index in [0.29, 0.717) is 4.90 Å². The lowest BCUT2D eigenvalue weighted by molar-refractivity contribution is 0.0590. The highest BCUT2D eigenvalue weighted by atomic mass is 32.1. The molecule has 10 heavy (non-hydrogen) atoms. The zero-order chi connectivity index (χ0) is 7.56. The molecule has 1 heterocycles. The highest BCUT2D eigenvalue weighted by Gasteiger charge is 2.10. The maximum atomic E-state index is 10.8.